The molecule has 3 aromatic rings. The second-order valence-electron chi connectivity index (χ2n) is 5.10. The van der Waals surface area contributed by atoms with Crippen LogP contribution in [0.25, 0.3) is 11.3 Å². The number of amides is 1. The Labute approximate surface area is 144 Å². The lowest BCUT2D eigenvalue weighted by Gasteiger charge is -2.03. The smallest absolute Gasteiger partial charge is 0.252 e. The van der Waals surface area contributed by atoms with E-state index in [9.17, 15) is 4.79 Å². The number of thiazole rings is 1. The van der Waals surface area contributed by atoms with Crippen molar-refractivity contribution in [3.63, 3.8) is 0 Å². The summed E-state index contributed by atoms with van der Waals surface area (Å²) in [5.41, 5.74) is 2.56. The summed E-state index contributed by atoms with van der Waals surface area (Å²) in [6.45, 7) is 0.545. The van der Waals surface area contributed by atoms with Crippen LogP contribution >= 0.6 is 11.3 Å². The normalized spacial score (nSPS) is 10.4. The van der Waals surface area contributed by atoms with E-state index in [1.165, 1.54) is 0 Å². The molecule has 6 heteroatoms. The summed E-state index contributed by atoms with van der Waals surface area (Å²) in [7, 11) is 1.65. The molecule has 0 aliphatic heterocycles. The van der Waals surface area contributed by atoms with Gasteiger partial charge in [0.25, 0.3) is 5.91 Å². The number of methoxy groups -OCH3 is 1. The Hall–Kier alpha value is -2.73. The van der Waals surface area contributed by atoms with Crippen LogP contribution < -0.4 is 10.1 Å². The number of hydrogen-bond acceptors (Lipinski definition) is 5. The number of ether oxygens (including phenoxy) is 1. The molecule has 2 heterocycles. The van der Waals surface area contributed by atoms with E-state index < -0.39 is 0 Å². The molecule has 3 rings (SSSR count). The van der Waals surface area contributed by atoms with E-state index >= 15 is 0 Å². The van der Waals surface area contributed by atoms with Gasteiger partial charge in [-0.3, -0.25) is 9.78 Å². The maximum atomic E-state index is 11.9. The van der Waals surface area contributed by atoms with Gasteiger partial charge in [-0.2, -0.15) is 0 Å². The van der Waals surface area contributed by atoms with E-state index in [4.69, 9.17) is 4.74 Å². The van der Waals surface area contributed by atoms with Crippen molar-refractivity contribution >= 4 is 17.2 Å². The molecule has 0 saturated carbocycles. The van der Waals surface area contributed by atoms with Crippen LogP contribution in [0.4, 0.5) is 0 Å². The number of nitrogens with zero attached hydrogens (tertiary/aromatic N) is 2. The Morgan fingerprint density at radius 3 is 2.79 bits per heavy atom. The van der Waals surface area contributed by atoms with Crippen LogP contribution in [0.15, 0.2) is 54.2 Å². The Morgan fingerprint density at radius 2 is 2.08 bits per heavy atom. The SMILES string of the molecule is COc1ccc(-c2csc(CCNC(=O)c3cccnc3)n2)cc1. The molecule has 0 aliphatic carbocycles. The maximum Gasteiger partial charge on any atom is 0.252 e. The molecule has 1 amide bonds. The van der Waals surface area contributed by atoms with Crippen molar-refractivity contribution in [1.82, 2.24) is 15.3 Å². The van der Waals surface area contributed by atoms with E-state index in [1.807, 2.05) is 29.6 Å². The Bertz CT molecular complexity index is 801. The Morgan fingerprint density at radius 1 is 1.25 bits per heavy atom. The molecule has 24 heavy (non-hydrogen) atoms. The monoisotopic (exact) mass is 339 g/mol. The summed E-state index contributed by atoms with van der Waals surface area (Å²) in [5, 5.41) is 5.90. The summed E-state index contributed by atoms with van der Waals surface area (Å²) in [4.78, 5) is 20.5. The van der Waals surface area contributed by atoms with Gasteiger partial charge in [0.05, 0.1) is 23.4 Å². The molecule has 0 atom stereocenters. The van der Waals surface area contributed by atoms with Crippen LogP contribution in [0.2, 0.25) is 0 Å². The summed E-state index contributed by atoms with van der Waals surface area (Å²) >= 11 is 1.60. The minimum absolute atomic E-state index is 0.116. The average molecular weight is 339 g/mol. The number of aromatic nitrogens is 2. The molecule has 1 N–H and O–H groups in total. The quantitative estimate of drug-likeness (QED) is 0.749. The minimum Gasteiger partial charge on any atom is -0.497 e. The maximum absolute atomic E-state index is 11.9. The van der Waals surface area contributed by atoms with Gasteiger partial charge in [0.15, 0.2) is 0 Å². The molecule has 2 aromatic heterocycles. The van der Waals surface area contributed by atoms with Crippen LogP contribution in [0.3, 0.4) is 0 Å². The predicted octanol–water partition coefficient (Wildman–Crippen LogP) is 3.19. The average Bonchev–Trinajstić information content (AvgIpc) is 3.11. The van der Waals surface area contributed by atoms with Gasteiger partial charge in [0.2, 0.25) is 0 Å². The lowest BCUT2D eigenvalue weighted by molar-refractivity contribution is 0.0954. The lowest BCUT2D eigenvalue weighted by atomic mass is 10.2. The van der Waals surface area contributed by atoms with Crippen molar-refractivity contribution in [3.8, 4) is 17.0 Å². The van der Waals surface area contributed by atoms with E-state index in [0.717, 1.165) is 22.0 Å². The van der Waals surface area contributed by atoms with Gasteiger partial charge >= 0.3 is 0 Å². The second-order valence-corrected chi connectivity index (χ2v) is 6.05. The molecule has 0 radical (unpaired) electrons. The number of carbonyl (C=O) groups is 1. The number of pyridine rings is 1. The highest BCUT2D eigenvalue weighted by Gasteiger charge is 2.07. The van der Waals surface area contributed by atoms with E-state index in [1.54, 1.807) is 43.0 Å². The summed E-state index contributed by atoms with van der Waals surface area (Å²) in [6, 6.07) is 11.3. The first kappa shape index (κ1) is 16.1. The highest BCUT2D eigenvalue weighted by molar-refractivity contribution is 7.09. The molecule has 0 aliphatic rings. The molecule has 0 spiro atoms. The third-order valence-corrected chi connectivity index (χ3v) is 4.39. The standard InChI is InChI=1S/C18H17N3O2S/c1-23-15-6-4-13(5-7-15)16-12-24-17(21-16)8-10-20-18(22)14-3-2-9-19-11-14/h2-7,9,11-12H,8,10H2,1H3,(H,20,22). The fraction of sp³-hybridized carbons (Fsp3) is 0.167. The highest BCUT2D eigenvalue weighted by Crippen LogP contribution is 2.24. The van der Waals surface area contributed by atoms with E-state index in [0.29, 0.717) is 18.5 Å². The Kier molecular flexibility index (Phi) is 5.18. The Balaban J connectivity index is 1.55. The van der Waals surface area contributed by atoms with Gasteiger partial charge < -0.3 is 10.1 Å². The number of hydrogen-bond donors (Lipinski definition) is 1. The van der Waals surface area contributed by atoms with Crippen LogP contribution in [-0.2, 0) is 6.42 Å². The third-order valence-electron chi connectivity index (χ3n) is 3.49. The van der Waals surface area contributed by atoms with Crippen LogP contribution in [0, 0.1) is 0 Å². The van der Waals surface area contributed by atoms with E-state index in [-0.39, 0.29) is 5.91 Å². The number of nitrogens with one attached hydrogen (secondary N) is 1. The molecule has 0 unspecified atom stereocenters. The third kappa shape index (κ3) is 3.97. The van der Waals surface area contributed by atoms with Crippen molar-refractivity contribution in [2.24, 2.45) is 0 Å². The van der Waals surface area contributed by atoms with Crippen LogP contribution in [-0.4, -0.2) is 29.5 Å². The molecule has 0 fully saturated rings. The van der Waals surface area contributed by atoms with Crippen molar-refractivity contribution in [2.45, 2.75) is 6.42 Å². The van der Waals surface area contributed by atoms with Crippen molar-refractivity contribution in [3.05, 3.63) is 64.7 Å². The summed E-state index contributed by atoms with van der Waals surface area (Å²) in [6.07, 6.45) is 3.90. The fourth-order valence-corrected chi connectivity index (χ4v) is 3.01. The van der Waals surface area contributed by atoms with Crippen molar-refractivity contribution in [2.75, 3.05) is 13.7 Å². The summed E-state index contributed by atoms with van der Waals surface area (Å²) < 4.78 is 5.16. The molecule has 0 saturated heterocycles. The zero-order valence-corrected chi connectivity index (χ0v) is 14.0. The number of benzene rings is 1. The summed E-state index contributed by atoms with van der Waals surface area (Å²) in [5.74, 6) is 0.711. The largest absolute Gasteiger partial charge is 0.497 e. The van der Waals surface area contributed by atoms with Gasteiger partial charge in [0.1, 0.15) is 5.75 Å². The van der Waals surface area contributed by atoms with Crippen LogP contribution in [0.1, 0.15) is 15.4 Å². The fourth-order valence-electron chi connectivity index (χ4n) is 2.20. The predicted molar refractivity (Wildman–Crippen MR) is 94.4 cm³/mol. The topological polar surface area (TPSA) is 64.1 Å². The number of rotatable bonds is 6. The van der Waals surface area contributed by atoms with Gasteiger partial charge in [-0.25, -0.2) is 4.98 Å². The van der Waals surface area contributed by atoms with Gasteiger partial charge in [-0.15, -0.1) is 11.3 Å². The molecule has 5 nitrogen and oxygen atoms in total. The highest BCUT2D eigenvalue weighted by atomic mass is 32.1. The van der Waals surface area contributed by atoms with Crippen molar-refractivity contribution < 1.29 is 9.53 Å². The molecule has 122 valence electrons. The second kappa shape index (κ2) is 7.70. The number of carbonyl (C=O) groups excluding carboxylic acids is 1. The first-order chi connectivity index (χ1) is 11.8. The van der Waals surface area contributed by atoms with Gasteiger partial charge in [-0.05, 0) is 36.4 Å². The van der Waals surface area contributed by atoms with Gasteiger partial charge in [-0.1, -0.05) is 0 Å². The zero-order chi connectivity index (χ0) is 16.8. The zero-order valence-electron chi connectivity index (χ0n) is 13.2. The lowest BCUT2D eigenvalue weighted by Crippen LogP contribution is -2.25. The molecule has 1 aromatic carbocycles. The molecular weight excluding hydrogens is 322 g/mol. The van der Waals surface area contributed by atoms with Crippen molar-refractivity contribution in [1.29, 1.82) is 0 Å². The van der Waals surface area contributed by atoms with Gasteiger partial charge in [0, 0.05) is 36.3 Å². The molecule has 0 bridgehead atoms. The van der Waals surface area contributed by atoms with Crippen LogP contribution in [0.5, 0.6) is 5.75 Å². The molecular formula is C18H17N3O2S. The first-order valence-electron chi connectivity index (χ1n) is 7.53. The van der Waals surface area contributed by atoms with E-state index in [2.05, 4.69) is 15.3 Å². The minimum atomic E-state index is -0.116. The first-order valence-corrected chi connectivity index (χ1v) is 8.41.